The average molecular weight is 511 g/mol. The number of benzene rings is 5. The van der Waals surface area contributed by atoms with Crippen molar-refractivity contribution in [3.63, 3.8) is 0 Å². The second-order valence-electron chi connectivity index (χ2n) is 11.7. The molecule has 2 aliphatic heterocycles. The smallest absolute Gasteiger partial charge is 0.123 e. The van der Waals surface area contributed by atoms with Crippen molar-refractivity contribution in [3.05, 3.63) is 143 Å². The second-order valence-corrected chi connectivity index (χ2v) is 11.7. The highest BCUT2D eigenvalue weighted by atomic mass is 19.1. The molecular weight excluding hydrogens is 479 g/mol. The van der Waals surface area contributed by atoms with Gasteiger partial charge in [0.05, 0.1) is 17.1 Å². The van der Waals surface area contributed by atoms with Crippen LogP contribution in [0.5, 0.6) is 0 Å². The summed E-state index contributed by atoms with van der Waals surface area (Å²) in [5.41, 5.74) is 11.7. The third-order valence-corrected chi connectivity index (χ3v) is 8.68. The highest BCUT2D eigenvalue weighted by molar-refractivity contribution is 5.93. The first-order chi connectivity index (χ1) is 18.8. The molecule has 3 heteroatoms. The van der Waals surface area contributed by atoms with Gasteiger partial charge in [-0.25, -0.2) is 4.39 Å². The molecule has 7 rings (SSSR count). The molecule has 0 aliphatic carbocycles. The Morgan fingerprint density at radius 1 is 0.513 bits per heavy atom. The molecule has 0 N–H and O–H groups in total. The normalized spacial score (nSPS) is 15.7. The van der Waals surface area contributed by atoms with Gasteiger partial charge < -0.3 is 9.80 Å². The second kappa shape index (κ2) is 8.31. The van der Waals surface area contributed by atoms with E-state index in [1.807, 2.05) is 30.3 Å². The zero-order chi connectivity index (χ0) is 26.9. The van der Waals surface area contributed by atoms with E-state index in [4.69, 9.17) is 0 Å². The fourth-order valence-corrected chi connectivity index (χ4v) is 6.62. The molecule has 0 fully saturated rings. The van der Waals surface area contributed by atoms with Crippen molar-refractivity contribution < 1.29 is 4.39 Å². The summed E-state index contributed by atoms with van der Waals surface area (Å²) < 4.78 is 13.9. The fourth-order valence-electron chi connectivity index (χ4n) is 6.62. The lowest BCUT2D eigenvalue weighted by molar-refractivity contribution is 0.597. The van der Waals surface area contributed by atoms with Gasteiger partial charge in [0.1, 0.15) is 5.82 Å². The summed E-state index contributed by atoms with van der Waals surface area (Å²) >= 11 is 0. The van der Waals surface area contributed by atoms with Crippen LogP contribution in [0, 0.1) is 5.82 Å². The van der Waals surface area contributed by atoms with Gasteiger partial charge >= 0.3 is 0 Å². The average Bonchev–Trinajstić information content (AvgIpc) is 2.95. The number of hydrogen-bond acceptors (Lipinski definition) is 2. The zero-order valence-electron chi connectivity index (χ0n) is 22.7. The molecule has 0 spiro atoms. The van der Waals surface area contributed by atoms with E-state index in [0.29, 0.717) is 0 Å². The Hall–Kier alpha value is -4.37. The van der Waals surface area contributed by atoms with Gasteiger partial charge in [-0.15, -0.1) is 0 Å². The van der Waals surface area contributed by atoms with Crippen molar-refractivity contribution in [1.82, 2.24) is 0 Å². The Morgan fingerprint density at radius 3 is 1.77 bits per heavy atom. The Bertz CT molecular complexity index is 1720. The summed E-state index contributed by atoms with van der Waals surface area (Å²) in [7, 11) is 0. The van der Waals surface area contributed by atoms with Crippen molar-refractivity contribution >= 4 is 34.1 Å². The predicted octanol–water partition coefficient (Wildman–Crippen LogP) is 10.0. The SMILES string of the molecule is CC1(C)c2ccccc2N2c3ccc(N(c4ccccc4)c4ccc(F)cc4)cc3C(C)(C)c3cccc1c32. The Kier molecular flexibility index (Phi) is 5.06. The quantitative estimate of drug-likeness (QED) is 0.238. The van der Waals surface area contributed by atoms with Crippen LogP contribution in [0.1, 0.15) is 49.9 Å². The number of hydrogen-bond donors (Lipinski definition) is 0. The molecule has 0 radical (unpaired) electrons. The van der Waals surface area contributed by atoms with Gasteiger partial charge in [0, 0.05) is 27.9 Å². The zero-order valence-corrected chi connectivity index (χ0v) is 22.7. The number of para-hydroxylation sites is 3. The third kappa shape index (κ3) is 3.39. The topological polar surface area (TPSA) is 6.48 Å². The minimum Gasteiger partial charge on any atom is -0.310 e. The van der Waals surface area contributed by atoms with Crippen molar-refractivity contribution in [2.24, 2.45) is 0 Å². The van der Waals surface area contributed by atoms with Gasteiger partial charge in [0.2, 0.25) is 0 Å². The van der Waals surface area contributed by atoms with Crippen molar-refractivity contribution in [1.29, 1.82) is 0 Å². The summed E-state index contributed by atoms with van der Waals surface area (Å²) in [6.07, 6.45) is 0. The summed E-state index contributed by atoms with van der Waals surface area (Å²) in [5, 5.41) is 0. The van der Waals surface area contributed by atoms with Gasteiger partial charge in [-0.3, -0.25) is 0 Å². The molecular formula is C36H31FN2. The lowest BCUT2D eigenvalue weighted by Crippen LogP contribution is -2.38. The van der Waals surface area contributed by atoms with Crippen molar-refractivity contribution in [2.45, 2.75) is 38.5 Å². The molecule has 0 unspecified atom stereocenters. The minimum absolute atomic E-state index is 0.0986. The lowest BCUT2D eigenvalue weighted by Gasteiger charge is -2.49. The van der Waals surface area contributed by atoms with E-state index < -0.39 is 0 Å². The van der Waals surface area contributed by atoms with E-state index >= 15 is 0 Å². The molecule has 39 heavy (non-hydrogen) atoms. The van der Waals surface area contributed by atoms with E-state index in [2.05, 4.69) is 110 Å². The van der Waals surface area contributed by atoms with Gasteiger partial charge in [-0.05, 0) is 82.9 Å². The number of rotatable bonds is 3. The number of anilines is 6. The highest BCUT2D eigenvalue weighted by Crippen LogP contribution is 2.60. The van der Waals surface area contributed by atoms with Crippen LogP contribution in [0.4, 0.5) is 38.5 Å². The molecule has 0 bridgehead atoms. The van der Waals surface area contributed by atoms with E-state index in [1.165, 1.54) is 51.4 Å². The van der Waals surface area contributed by atoms with Crippen LogP contribution in [0.15, 0.2) is 115 Å². The molecule has 5 aromatic carbocycles. The van der Waals surface area contributed by atoms with E-state index in [9.17, 15) is 4.39 Å². The summed E-state index contributed by atoms with van der Waals surface area (Å²) in [6.45, 7) is 9.34. The van der Waals surface area contributed by atoms with Crippen molar-refractivity contribution in [3.8, 4) is 0 Å². The molecule has 2 aliphatic rings. The van der Waals surface area contributed by atoms with Crippen LogP contribution >= 0.6 is 0 Å². The van der Waals surface area contributed by atoms with E-state index in [-0.39, 0.29) is 16.6 Å². The van der Waals surface area contributed by atoms with Crippen LogP contribution in [0.3, 0.4) is 0 Å². The summed E-state index contributed by atoms with van der Waals surface area (Å²) in [6, 6.07) is 39.4. The van der Waals surface area contributed by atoms with Crippen LogP contribution in [-0.4, -0.2) is 0 Å². The van der Waals surface area contributed by atoms with Gasteiger partial charge in [0.15, 0.2) is 0 Å². The molecule has 0 aromatic heterocycles. The molecule has 192 valence electrons. The third-order valence-electron chi connectivity index (χ3n) is 8.68. The maximum atomic E-state index is 13.9. The molecule has 5 aromatic rings. The first-order valence-electron chi connectivity index (χ1n) is 13.6. The first kappa shape index (κ1) is 23.7. The van der Waals surface area contributed by atoms with Crippen LogP contribution in [-0.2, 0) is 10.8 Å². The van der Waals surface area contributed by atoms with Crippen LogP contribution < -0.4 is 9.80 Å². The largest absolute Gasteiger partial charge is 0.310 e. The van der Waals surface area contributed by atoms with Gasteiger partial charge in [0.25, 0.3) is 0 Å². The molecule has 2 heterocycles. The Labute approximate surface area is 230 Å². The Morgan fingerprint density at radius 2 is 1.05 bits per heavy atom. The molecule has 2 nitrogen and oxygen atoms in total. The number of nitrogens with zero attached hydrogens (tertiary/aromatic N) is 2. The summed E-state index contributed by atoms with van der Waals surface area (Å²) in [4.78, 5) is 4.68. The lowest BCUT2D eigenvalue weighted by atomic mass is 9.66. The van der Waals surface area contributed by atoms with E-state index in [1.54, 1.807) is 0 Å². The highest BCUT2D eigenvalue weighted by Gasteiger charge is 2.45. The van der Waals surface area contributed by atoms with Crippen molar-refractivity contribution in [2.75, 3.05) is 9.80 Å². The first-order valence-corrected chi connectivity index (χ1v) is 13.6. The summed E-state index contributed by atoms with van der Waals surface area (Å²) in [5.74, 6) is -0.238. The van der Waals surface area contributed by atoms with Gasteiger partial charge in [-0.1, -0.05) is 82.3 Å². The maximum Gasteiger partial charge on any atom is 0.123 e. The number of fused-ring (bicyclic) bond motifs is 4. The standard InChI is InChI=1S/C36H31FN2/c1-35(2)28-13-8-9-16-32(28)39-33-22-21-27(23-31(33)36(3,4)30-15-10-14-29(35)34(30)39)38(25-11-6-5-7-12-25)26-19-17-24(37)18-20-26/h5-23H,1-4H3. The van der Waals surface area contributed by atoms with Crippen LogP contribution in [0.25, 0.3) is 0 Å². The minimum atomic E-state index is -0.238. The number of halogens is 1. The molecule has 0 saturated carbocycles. The predicted molar refractivity (Wildman–Crippen MR) is 160 cm³/mol. The molecule has 0 saturated heterocycles. The maximum absolute atomic E-state index is 13.9. The molecule has 0 amide bonds. The monoisotopic (exact) mass is 510 g/mol. The Balaban J connectivity index is 1.48. The van der Waals surface area contributed by atoms with E-state index in [0.717, 1.165) is 17.1 Å². The fraction of sp³-hybridized carbons (Fsp3) is 0.167. The van der Waals surface area contributed by atoms with Crippen LogP contribution in [0.2, 0.25) is 0 Å². The van der Waals surface area contributed by atoms with Gasteiger partial charge in [-0.2, -0.15) is 0 Å². The molecule has 0 atom stereocenters.